The van der Waals surface area contributed by atoms with Crippen LogP contribution in [0, 0.1) is 0 Å². The summed E-state index contributed by atoms with van der Waals surface area (Å²) in [5.74, 6) is -0.722. The van der Waals surface area contributed by atoms with E-state index in [9.17, 15) is 14.4 Å². The third-order valence-electron chi connectivity index (χ3n) is 5.21. The molecule has 0 spiro atoms. The number of nitrogens with one attached hydrogen (secondary N) is 2. The minimum atomic E-state index is -0.612. The number of likely N-dealkylation sites (tertiary alicyclic amines) is 1. The molecule has 0 aliphatic carbocycles. The fraction of sp³-hybridized carbons (Fsp3) is 0.261. The molecule has 2 heterocycles. The van der Waals surface area contributed by atoms with Gasteiger partial charge in [0, 0.05) is 22.3 Å². The lowest BCUT2D eigenvalue weighted by molar-refractivity contribution is -0.119. The second-order valence-electron chi connectivity index (χ2n) is 7.49. The van der Waals surface area contributed by atoms with Crippen molar-refractivity contribution in [2.24, 2.45) is 0 Å². The van der Waals surface area contributed by atoms with Crippen LogP contribution in [0.25, 0.3) is 10.6 Å². The van der Waals surface area contributed by atoms with E-state index in [-0.39, 0.29) is 11.9 Å². The van der Waals surface area contributed by atoms with Gasteiger partial charge in [-0.25, -0.2) is 9.59 Å². The summed E-state index contributed by atoms with van der Waals surface area (Å²) in [7, 11) is 0. The summed E-state index contributed by atoms with van der Waals surface area (Å²) >= 11 is 4.67. The fourth-order valence-corrected chi connectivity index (χ4v) is 4.57. The standard InChI is InChI=1S/C23H22BrN5O4S/c1-2-33-21(31)15-7-11-17(12-8-15)25-23(32)29-13-3-4-18(29)19(30)26-22-28-27-20(34-22)14-5-9-16(24)10-6-14/h5-12,18H,2-4,13H2,1H3,(H,25,32)(H,26,28,30). The van der Waals surface area contributed by atoms with Gasteiger partial charge in [-0.05, 0) is 56.2 Å². The molecule has 1 atom stereocenters. The molecular weight excluding hydrogens is 522 g/mol. The Kier molecular flexibility index (Phi) is 7.53. The van der Waals surface area contributed by atoms with Crippen molar-refractivity contribution < 1.29 is 19.1 Å². The molecule has 1 unspecified atom stereocenters. The zero-order valence-electron chi connectivity index (χ0n) is 18.3. The first-order valence-corrected chi connectivity index (χ1v) is 12.3. The molecule has 11 heteroatoms. The number of anilines is 2. The third-order valence-corrected chi connectivity index (χ3v) is 6.63. The number of hydrogen-bond acceptors (Lipinski definition) is 7. The summed E-state index contributed by atoms with van der Waals surface area (Å²) < 4.78 is 5.92. The molecule has 4 rings (SSSR count). The number of hydrogen-bond donors (Lipinski definition) is 2. The van der Waals surface area contributed by atoms with Crippen LogP contribution in [-0.4, -0.2) is 52.2 Å². The highest BCUT2D eigenvalue weighted by atomic mass is 79.9. The lowest BCUT2D eigenvalue weighted by atomic mass is 10.2. The van der Waals surface area contributed by atoms with Crippen LogP contribution in [0.2, 0.25) is 0 Å². The van der Waals surface area contributed by atoms with Gasteiger partial charge in [0.2, 0.25) is 11.0 Å². The van der Waals surface area contributed by atoms with E-state index in [2.05, 4.69) is 36.8 Å². The average Bonchev–Trinajstić information content (AvgIpc) is 3.50. The number of halogens is 1. The van der Waals surface area contributed by atoms with E-state index in [0.717, 1.165) is 10.0 Å². The Morgan fingerprint density at radius 3 is 2.53 bits per heavy atom. The smallest absolute Gasteiger partial charge is 0.338 e. The van der Waals surface area contributed by atoms with E-state index in [1.807, 2.05) is 24.3 Å². The van der Waals surface area contributed by atoms with E-state index in [1.165, 1.54) is 16.2 Å². The highest BCUT2D eigenvalue weighted by Crippen LogP contribution is 2.28. The van der Waals surface area contributed by atoms with Crippen LogP contribution in [0.3, 0.4) is 0 Å². The molecule has 1 saturated heterocycles. The highest BCUT2D eigenvalue weighted by Gasteiger charge is 2.34. The van der Waals surface area contributed by atoms with E-state index in [1.54, 1.807) is 31.2 Å². The second-order valence-corrected chi connectivity index (χ2v) is 9.38. The van der Waals surface area contributed by atoms with Crippen molar-refractivity contribution in [2.75, 3.05) is 23.8 Å². The molecule has 3 aromatic rings. The van der Waals surface area contributed by atoms with E-state index < -0.39 is 12.0 Å². The summed E-state index contributed by atoms with van der Waals surface area (Å²) in [5, 5.41) is 14.9. The molecule has 34 heavy (non-hydrogen) atoms. The Morgan fingerprint density at radius 1 is 1.09 bits per heavy atom. The van der Waals surface area contributed by atoms with Crippen LogP contribution in [0.4, 0.5) is 15.6 Å². The number of carbonyl (C=O) groups is 3. The molecule has 1 aromatic heterocycles. The van der Waals surface area contributed by atoms with Gasteiger partial charge in [0.15, 0.2) is 0 Å². The van der Waals surface area contributed by atoms with E-state index in [0.29, 0.717) is 47.4 Å². The van der Waals surface area contributed by atoms with Crippen molar-refractivity contribution >= 4 is 56.0 Å². The minimum absolute atomic E-state index is 0.290. The summed E-state index contributed by atoms with van der Waals surface area (Å²) in [4.78, 5) is 39.0. The van der Waals surface area contributed by atoms with Crippen LogP contribution in [0.1, 0.15) is 30.1 Å². The molecule has 176 valence electrons. The molecule has 1 aliphatic rings. The summed E-state index contributed by atoms with van der Waals surface area (Å²) in [6, 6.07) is 13.1. The molecule has 0 saturated carbocycles. The molecule has 0 radical (unpaired) electrons. The number of benzene rings is 2. The summed E-state index contributed by atoms with van der Waals surface area (Å²) in [5.41, 5.74) is 1.82. The van der Waals surface area contributed by atoms with Crippen LogP contribution in [0.15, 0.2) is 53.0 Å². The first-order chi connectivity index (χ1) is 16.4. The van der Waals surface area contributed by atoms with Gasteiger partial charge < -0.3 is 15.0 Å². The number of rotatable bonds is 6. The van der Waals surface area contributed by atoms with Crippen molar-refractivity contribution in [3.8, 4) is 10.6 Å². The monoisotopic (exact) mass is 543 g/mol. The van der Waals surface area contributed by atoms with E-state index in [4.69, 9.17) is 4.74 Å². The van der Waals surface area contributed by atoms with Gasteiger partial charge in [0.25, 0.3) is 0 Å². The quantitative estimate of drug-likeness (QED) is 0.432. The number of nitrogens with zero attached hydrogens (tertiary/aromatic N) is 3. The largest absolute Gasteiger partial charge is 0.462 e. The van der Waals surface area contributed by atoms with Gasteiger partial charge in [-0.2, -0.15) is 0 Å². The van der Waals surface area contributed by atoms with Gasteiger partial charge in [-0.3, -0.25) is 10.1 Å². The number of carbonyl (C=O) groups excluding carboxylic acids is 3. The molecule has 1 fully saturated rings. The van der Waals surface area contributed by atoms with Crippen molar-refractivity contribution in [2.45, 2.75) is 25.8 Å². The zero-order chi connectivity index (χ0) is 24.1. The number of urea groups is 1. The minimum Gasteiger partial charge on any atom is -0.462 e. The highest BCUT2D eigenvalue weighted by molar-refractivity contribution is 9.10. The number of esters is 1. The molecule has 3 amide bonds. The first-order valence-electron chi connectivity index (χ1n) is 10.7. The van der Waals surface area contributed by atoms with Crippen molar-refractivity contribution in [3.05, 3.63) is 58.6 Å². The van der Waals surface area contributed by atoms with Crippen LogP contribution in [-0.2, 0) is 9.53 Å². The Labute approximate surface area is 208 Å². The SMILES string of the molecule is CCOC(=O)c1ccc(NC(=O)N2CCCC2C(=O)Nc2nnc(-c3ccc(Br)cc3)s2)cc1. The number of amides is 3. The van der Waals surface area contributed by atoms with Crippen molar-refractivity contribution in [1.82, 2.24) is 15.1 Å². The Morgan fingerprint density at radius 2 is 1.82 bits per heavy atom. The zero-order valence-corrected chi connectivity index (χ0v) is 20.7. The molecule has 1 aliphatic heterocycles. The molecule has 9 nitrogen and oxygen atoms in total. The lowest BCUT2D eigenvalue weighted by Crippen LogP contribution is -2.45. The maximum atomic E-state index is 12.9. The summed E-state index contributed by atoms with van der Waals surface area (Å²) in [6.45, 7) is 2.49. The van der Waals surface area contributed by atoms with Gasteiger partial charge >= 0.3 is 12.0 Å². The third kappa shape index (κ3) is 5.60. The normalized spacial score (nSPS) is 15.1. The number of aromatic nitrogens is 2. The molecule has 0 bridgehead atoms. The maximum Gasteiger partial charge on any atom is 0.338 e. The Balaban J connectivity index is 1.37. The van der Waals surface area contributed by atoms with Gasteiger partial charge in [0.1, 0.15) is 11.0 Å². The molecular formula is C23H22BrN5O4S. The molecule has 2 N–H and O–H groups in total. The van der Waals surface area contributed by atoms with Crippen molar-refractivity contribution in [1.29, 1.82) is 0 Å². The summed E-state index contributed by atoms with van der Waals surface area (Å²) in [6.07, 6.45) is 1.27. The van der Waals surface area contributed by atoms with Crippen LogP contribution < -0.4 is 10.6 Å². The van der Waals surface area contributed by atoms with E-state index >= 15 is 0 Å². The fourth-order valence-electron chi connectivity index (χ4n) is 3.55. The van der Waals surface area contributed by atoms with Gasteiger partial charge in [-0.1, -0.05) is 39.4 Å². The number of ether oxygens (including phenoxy) is 1. The van der Waals surface area contributed by atoms with Crippen LogP contribution in [0.5, 0.6) is 0 Å². The van der Waals surface area contributed by atoms with Gasteiger partial charge in [-0.15, -0.1) is 10.2 Å². The lowest BCUT2D eigenvalue weighted by Gasteiger charge is -2.23. The average molecular weight is 544 g/mol. The maximum absolute atomic E-state index is 12.9. The topological polar surface area (TPSA) is 114 Å². The van der Waals surface area contributed by atoms with Gasteiger partial charge in [0.05, 0.1) is 12.2 Å². The first kappa shape index (κ1) is 23.8. The predicted octanol–water partition coefficient (Wildman–Crippen LogP) is 4.78. The Bertz CT molecular complexity index is 1180. The van der Waals surface area contributed by atoms with Crippen LogP contribution >= 0.6 is 27.3 Å². The Hall–Kier alpha value is -3.31. The molecule has 2 aromatic carbocycles. The van der Waals surface area contributed by atoms with Crippen molar-refractivity contribution in [3.63, 3.8) is 0 Å². The predicted molar refractivity (Wildman–Crippen MR) is 133 cm³/mol. The second kappa shape index (κ2) is 10.7.